The molecule has 30 heavy (non-hydrogen) atoms. The van der Waals surface area contributed by atoms with Crippen LogP contribution in [-0.2, 0) is 11.3 Å². The van der Waals surface area contributed by atoms with Crippen LogP contribution in [0, 0.1) is 13.8 Å². The molecule has 5 nitrogen and oxygen atoms in total. The lowest BCUT2D eigenvalue weighted by atomic mass is 10.0. The van der Waals surface area contributed by atoms with Crippen LogP contribution in [0.1, 0.15) is 39.9 Å². The fraction of sp³-hybridized carbons (Fsp3) is 0.360. The van der Waals surface area contributed by atoms with Crippen LogP contribution < -0.4 is 0 Å². The molecule has 1 aromatic heterocycles. The number of rotatable bonds is 5. The quantitative estimate of drug-likeness (QED) is 0.632. The zero-order chi connectivity index (χ0) is 21.1. The number of aromatic nitrogens is 2. The number of nitrogens with zero attached hydrogens (tertiary/aromatic N) is 3. The number of hydrogen-bond acceptors (Lipinski definition) is 3. The van der Waals surface area contributed by atoms with Crippen LogP contribution in [0.15, 0.2) is 54.7 Å². The van der Waals surface area contributed by atoms with Gasteiger partial charge in [-0.3, -0.25) is 9.48 Å². The Morgan fingerprint density at radius 2 is 1.60 bits per heavy atom. The molecule has 1 saturated heterocycles. The Hall–Kier alpha value is -2.92. The maximum absolute atomic E-state index is 13.4. The SMILES string of the molecule is COC1CCN(C(=O)c2cn(Cc3ccc(C)cc3)nc2-c2ccc(C)cc2)CC1. The zero-order valence-electron chi connectivity index (χ0n) is 18.0. The number of carbonyl (C=O) groups is 1. The standard InChI is InChI=1S/C25H29N3O2/c1-18-4-8-20(9-5-18)16-28-17-23(24(26-28)21-10-6-19(2)7-11-21)25(29)27-14-12-22(30-3)13-15-27/h4-11,17,22H,12-16H2,1-3H3. The van der Waals surface area contributed by atoms with Gasteiger partial charge >= 0.3 is 0 Å². The molecule has 1 fully saturated rings. The van der Waals surface area contributed by atoms with Gasteiger partial charge in [0.15, 0.2) is 0 Å². The number of hydrogen-bond donors (Lipinski definition) is 0. The molecule has 5 heteroatoms. The number of aryl methyl sites for hydroxylation is 2. The van der Waals surface area contributed by atoms with Gasteiger partial charge in [0, 0.05) is 32.0 Å². The van der Waals surface area contributed by atoms with Gasteiger partial charge in [-0.1, -0.05) is 59.7 Å². The summed E-state index contributed by atoms with van der Waals surface area (Å²) in [5.41, 5.74) is 5.97. The molecule has 4 rings (SSSR count). The molecule has 2 aromatic carbocycles. The normalized spacial score (nSPS) is 14.8. The largest absolute Gasteiger partial charge is 0.381 e. The summed E-state index contributed by atoms with van der Waals surface area (Å²) >= 11 is 0. The highest BCUT2D eigenvalue weighted by molar-refractivity contribution is 5.99. The van der Waals surface area contributed by atoms with Crippen molar-refractivity contribution >= 4 is 5.91 Å². The second kappa shape index (κ2) is 8.84. The molecule has 3 aromatic rings. The van der Waals surface area contributed by atoms with Crippen molar-refractivity contribution in [1.29, 1.82) is 0 Å². The van der Waals surface area contributed by atoms with Crippen molar-refractivity contribution in [2.45, 2.75) is 39.3 Å². The predicted octanol–water partition coefficient (Wildman–Crippen LogP) is 4.47. The molecule has 156 valence electrons. The summed E-state index contributed by atoms with van der Waals surface area (Å²) in [6.07, 6.45) is 3.90. The summed E-state index contributed by atoms with van der Waals surface area (Å²) in [4.78, 5) is 15.3. The van der Waals surface area contributed by atoms with Crippen LogP contribution in [-0.4, -0.2) is 46.9 Å². The van der Waals surface area contributed by atoms with Crippen molar-refractivity contribution in [3.8, 4) is 11.3 Å². The van der Waals surface area contributed by atoms with Crippen molar-refractivity contribution in [3.63, 3.8) is 0 Å². The van der Waals surface area contributed by atoms with E-state index >= 15 is 0 Å². The first kappa shape index (κ1) is 20.4. The Morgan fingerprint density at radius 3 is 2.20 bits per heavy atom. The fourth-order valence-electron chi connectivity index (χ4n) is 3.93. The van der Waals surface area contributed by atoms with Crippen LogP contribution in [0.5, 0.6) is 0 Å². The van der Waals surface area contributed by atoms with Gasteiger partial charge in [-0.25, -0.2) is 0 Å². The highest BCUT2D eigenvalue weighted by Gasteiger charge is 2.27. The van der Waals surface area contributed by atoms with Crippen LogP contribution in [0.25, 0.3) is 11.3 Å². The third kappa shape index (κ3) is 4.46. The van der Waals surface area contributed by atoms with E-state index in [2.05, 4.69) is 50.2 Å². The third-order valence-corrected chi connectivity index (χ3v) is 5.84. The summed E-state index contributed by atoms with van der Waals surface area (Å²) in [7, 11) is 1.74. The van der Waals surface area contributed by atoms with Gasteiger partial charge in [-0.15, -0.1) is 0 Å². The van der Waals surface area contributed by atoms with Gasteiger partial charge in [0.25, 0.3) is 5.91 Å². The van der Waals surface area contributed by atoms with Gasteiger partial charge in [0.1, 0.15) is 5.69 Å². The summed E-state index contributed by atoms with van der Waals surface area (Å²) in [6, 6.07) is 16.6. The van der Waals surface area contributed by atoms with Crippen molar-refractivity contribution in [2.24, 2.45) is 0 Å². The maximum Gasteiger partial charge on any atom is 0.257 e. The average Bonchev–Trinajstić information content (AvgIpc) is 3.19. The fourth-order valence-corrected chi connectivity index (χ4v) is 3.93. The first-order chi connectivity index (χ1) is 14.5. The van der Waals surface area contributed by atoms with E-state index in [4.69, 9.17) is 9.84 Å². The van der Waals surface area contributed by atoms with E-state index in [1.165, 1.54) is 16.7 Å². The number of methoxy groups -OCH3 is 1. The van der Waals surface area contributed by atoms with Crippen molar-refractivity contribution in [2.75, 3.05) is 20.2 Å². The molecule has 0 radical (unpaired) electrons. The van der Waals surface area contributed by atoms with Crippen molar-refractivity contribution in [3.05, 3.63) is 77.0 Å². The monoisotopic (exact) mass is 403 g/mol. The average molecular weight is 404 g/mol. The smallest absolute Gasteiger partial charge is 0.257 e. The molecule has 0 unspecified atom stereocenters. The molecular formula is C25H29N3O2. The summed E-state index contributed by atoms with van der Waals surface area (Å²) < 4.78 is 7.34. The van der Waals surface area contributed by atoms with E-state index in [9.17, 15) is 4.79 Å². The Bertz CT molecular complexity index is 998. The van der Waals surface area contributed by atoms with E-state index in [1.807, 2.05) is 27.9 Å². The first-order valence-corrected chi connectivity index (χ1v) is 10.6. The topological polar surface area (TPSA) is 47.4 Å². The van der Waals surface area contributed by atoms with Crippen LogP contribution >= 0.6 is 0 Å². The predicted molar refractivity (Wildman–Crippen MR) is 119 cm³/mol. The Balaban J connectivity index is 1.64. The highest BCUT2D eigenvalue weighted by Crippen LogP contribution is 2.26. The lowest BCUT2D eigenvalue weighted by Gasteiger charge is -2.31. The highest BCUT2D eigenvalue weighted by atomic mass is 16.5. The Morgan fingerprint density at radius 1 is 1.00 bits per heavy atom. The molecule has 0 spiro atoms. The van der Waals surface area contributed by atoms with E-state index in [0.717, 1.165) is 24.1 Å². The molecule has 0 N–H and O–H groups in total. The van der Waals surface area contributed by atoms with E-state index < -0.39 is 0 Å². The van der Waals surface area contributed by atoms with Crippen molar-refractivity contribution in [1.82, 2.24) is 14.7 Å². The molecule has 0 saturated carbocycles. The second-order valence-corrected chi connectivity index (χ2v) is 8.17. The number of carbonyl (C=O) groups excluding carboxylic acids is 1. The lowest BCUT2D eigenvalue weighted by molar-refractivity contribution is 0.0351. The van der Waals surface area contributed by atoms with E-state index in [1.54, 1.807) is 7.11 Å². The Kier molecular flexibility index (Phi) is 6.00. The minimum absolute atomic E-state index is 0.0512. The molecule has 1 aliphatic heterocycles. The summed E-state index contributed by atoms with van der Waals surface area (Å²) in [5, 5.41) is 4.82. The van der Waals surface area contributed by atoms with Crippen LogP contribution in [0.4, 0.5) is 0 Å². The molecule has 0 aliphatic carbocycles. The lowest BCUT2D eigenvalue weighted by Crippen LogP contribution is -2.40. The number of ether oxygens (including phenoxy) is 1. The minimum atomic E-state index is 0.0512. The molecule has 1 amide bonds. The van der Waals surface area contributed by atoms with Gasteiger partial charge in [0.2, 0.25) is 0 Å². The zero-order valence-corrected chi connectivity index (χ0v) is 18.0. The molecular weight excluding hydrogens is 374 g/mol. The molecule has 0 bridgehead atoms. The summed E-state index contributed by atoms with van der Waals surface area (Å²) in [6.45, 7) is 6.21. The van der Waals surface area contributed by atoms with E-state index in [-0.39, 0.29) is 12.0 Å². The van der Waals surface area contributed by atoms with Crippen LogP contribution in [0.3, 0.4) is 0 Å². The number of likely N-dealkylation sites (tertiary alicyclic amines) is 1. The molecule has 2 heterocycles. The number of piperidine rings is 1. The van der Waals surface area contributed by atoms with Gasteiger partial charge in [-0.2, -0.15) is 5.10 Å². The van der Waals surface area contributed by atoms with Crippen molar-refractivity contribution < 1.29 is 9.53 Å². The van der Waals surface area contributed by atoms with Gasteiger partial charge in [0.05, 0.1) is 18.2 Å². The summed E-state index contributed by atoms with van der Waals surface area (Å²) in [5.74, 6) is 0.0512. The first-order valence-electron chi connectivity index (χ1n) is 10.6. The molecule has 1 aliphatic rings. The third-order valence-electron chi connectivity index (χ3n) is 5.84. The maximum atomic E-state index is 13.4. The minimum Gasteiger partial charge on any atom is -0.381 e. The van der Waals surface area contributed by atoms with E-state index in [0.29, 0.717) is 25.2 Å². The van der Waals surface area contributed by atoms with Crippen LogP contribution in [0.2, 0.25) is 0 Å². The molecule has 0 atom stereocenters. The number of benzene rings is 2. The second-order valence-electron chi connectivity index (χ2n) is 8.17. The van der Waals surface area contributed by atoms with Gasteiger partial charge < -0.3 is 9.64 Å². The number of amides is 1. The van der Waals surface area contributed by atoms with Gasteiger partial charge in [-0.05, 0) is 32.3 Å². The Labute approximate surface area is 178 Å².